The van der Waals surface area contributed by atoms with Crippen molar-refractivity contribution in [3.05, 3.63) is 0 Å². The molecule has 1 nitrogen and oxygen atoms in total. The first-order valence-electron chi connectivity index (χ1n) is 4.49. The maximum atomic E-state index is 2.43. The van der Waals surface area contributed by atoms with Crippen molar-refractivity contribution in [3.63, 3.8) is 0 Å². The lowest BCUT2D eigenvalue weighted by Gasteiger charge is -2.38. The second-order valence-corrected chi connectivity index (χ2v) is 4.77. The van der Waals surface area contributed by atoms with Crippen LogP contribution in [0.15, 0.2) is 0 Å². The molecule has 0 aliphatic heterocycles. The third-order valence-electron chi connectivity index (χ3n) is 2.63. The van der Waals surface area contributed by atoms with Crippen LogP contribution in [0, 0.1) is 5.92 Å². The summed E-state index contributed by atoms with van der Waals surface area (Å²) in [5, 5.41) is 0. The van der Waals surface area contributed by atoms with E-state index < -0.39 is 0 Å². The van der Waals surface area contributed by atoms with Crippen LogP contribution < -0.4 is 0 Å². The zero-order chi connectivity index (χ0) is 9.23. The van der Waals surface area contributed by atoms with Gasteiger partial charge in [-0.3, -0.25) is 4.90 Å². The molecular weight excluding hydrogens is 134 g/mol. The molecule has 0 saturated carbocycles. The molecule has 0 aromatic heterocycles. The zero-order valence-electron chi connectivity index (χ0n) is 9.10. The molecule has 0 rings (SSSR count). The topological polar surface area (TPSA) is 3.24 Å². The molecule has 0 aliphatic carbocycles. The fourth-order valence-electron chi connectivity index (χ4n) is 1.06. The molecule has 0 amide bonds. The first-order valence-corrected chi connectivity index (χ1v) is 4.49. The van der Waals surface area contributed by atoms with E-state index in [2.05, 4.69) is 53.5 Å². The van der Waals surface area contributed by atoms with Gasteiger partial charge in [0.25, 0.3) is 0 Å². The fraction of sp³-hybridized carbons (Fsp3) is 1.00. The van der Waals surface area contributed by atoms with Crippen molar-refractivity contribution in [1.29, 1.82) is 0 Å². The van der Waals surface area contributed by atoms with E-state index in [9.17, 15) is 0 Å². The van der Waals surface area contributed by atoms with Gasteiger partial charge in [-0.2, -0.15) is 0 Å². The van der Waals surface area contributed by atoms with Crippen LogP contribution in [-0.2, 0) is 0 Å². The average molecular weight is 157 g/mol. The SMILES string of the molecule is CC(C)[C@@H](C)N(C)C(C)(C)C. The van der Waals surface area contributed by atoms with Crippen molar-refractivity contribution < 1.29 is 0 Å². The van der Waals surface area contributed by atoms with Crippen LogP contribution in [0.3, 0.4) is 0 Å². The molecule has 0 saturated heterocycles. The summed E-state index contributed by atoms with van der Waals surface area (Å²) in [5.74, 6) is 0.735. The molecule has 0 spiro atoms. The lowest BCUT2D eigenvalue weighted by Crippen LogP contribution is -2.46. The van der Waals surface area contributed by atoms with Gasteiger partial charge in [-0.05, 0) is 40.7 Å². The molecule has 0 unspecified atom stereocenters. The van der Waals surface area contributed by atoms with Gasteiger partial charge in [0.2, 0.25) is 0 Å². The van der Waals surface area contributed by atoms with Crippen LogP contribution in [0.2, 0.25) is 0 Å². The predicted molar refractivity (Wildman–Crippen MR) is 51.8 cm³/mol. The van der Waals surface area contributed by atoms with E-state index in [-0.39, 0.29) is 0 Å². The van der Waals surface area contributed by atoms with E-state index in [1.54, 1.807) is 0 Å². The normalized spacial score (nSPS) is 16.1. The van der Waals surface area contributed by atoms with Gasteiger partial charge in [0.15, 0.2) is 0 Å². The van der Waals surface area contributed by atoms with Gasteiger partial charge in [0.1, 0.15) is 0 Å². The summed E-state index contributed by atoms with van der Waals surface area (Å²) in [6.07, 6.45) is 0. The highest BCUT2D eigenvalue weighted by molar-refractivity contribution is 4.79. The standard InChI is InChI=1S/C10H23N/c1-8(2)9(3)11(7)10(4,5)6/h8-9H,1-7H3/t9-/m1/s1. The zero-order valence-corrected chi connectivity index (χ0v) is 9.10. The lowest BCUT2D eigenvalue weighted by molar-refractivity contribution is 0.0987. The molecule has 0 aromatic carbocycles. The minimum Gasteiger partial charge on any atom is -0.299 e. The van der Waals surface area contributed by atoms with E-state index >= 15 is 0 Å². The van der Waals surface area contributed by atoms with Crippen LogP contribution in [-0.4, -0.2) is 23.5 Å². The van der Waals surface area contributed by atoms with Crippen molar-refractivity contribution in [2.75, 3.05) is 7.05 Å². The predicted octanol–water partition coefficient (Wildman–Crippen LogP) is 2.76. The summed E-state index contributed by atoms with van der Waals surface area (Å²) >= 11 is 0. The fourth-order valence-corrected chi connectivity index (χ4v) is 1.06. The van der Waals surface area contributed by atoms with Crippen molar-refractivity contribution >= 4 is 0 Å². The Morgan fingerprint density at radius 2 is 1.36 bits per heavy atom. The van der Waals surface area contributed by atoms with E-state index in [0.717, 1.165) is 5.92 Å². The maximum Gasteiger partial charge on any atom is 0.0124 e. The first kappa shape index (κ1) is 11.0. The smallest absolute Gasteiger partial charge is 0.0124 e. The first-order chi connectivity index (χ1) is 4.76. The molecule has 0 radical (unpaired) electrons. The molecule has 0 aromatic rings. The van der Waals surface area contributed by atoms with Gasteiger partial charge in [-0.1, -0.05) is 13.8 Å². The number of nitrogens with zero attached hydrogens (tertiary/aromatic N) is 1. The molecule has 0 fully saturated rings. The third-order valence-corrected chi connectivity index (χ3v) is 2.63. The van der Waals surface area contributed by atoms with E-state index in [1.165, 1.54) is 0 Å². The van der Waals surface area contributed by atoms with Gasteiger partial charge in [0.05, 0.1) is 0 Å². The second-order valence-electron chi connectivity index (χ2n) is 4.77. The van der Waals surface area contributed by atoms with Gasteiger partial charge < -0.3 is 0 Å². The number of hydrogen-bond donors (Lipinski definition) is 0. The van der Waals surface area contributed by atoms with E-state index in [1.807, 2.05) is 0 Å². The van der Waals surface area contributed by atoms with Gasteiger partial charge >= 0.3 is 0 Å². The highest BCUT2D eigenvalue weighted by Crippen LogP contribution is 2.18. The summed E-state index contributed by atoms with van der Waals surface area (Å²) in [7, 11) is 2.20. The Balaban J connectivity index is 4.13. The summed E-state index contributed by atoms with van der Waals surface area (Å²) in [6.45, 7) is 13.6. The maximum absolute atomic E-state index is 2.43. The van der Waals surface area contributed by atoms with E-state index in [4.69, 9.17) is 0 Å². The van der Waals surface area contributed by atoms with Crippen molar-refractivity contribution in [1.82, 2.24) is 4.90 Å². The van der Waals surface area contributed by atoms with Crippen molar-refractivity contribution in [2.45, 2.75) is 53.1 Å². The van der Waals surface area contributed by atoms with Crippen LogP contribution in [0.4, 0.5) is 0 Å². The Kier molecular flexibility index (Phi) is 3.56. The highest BCUT2D eigenvalue weighted by atomic mass is 15.2. The minimum absolute atomic E-state index is 0.295. The molecule has 11 heavy (non-hydrogen) atoms. The number of rotatable bonds is 2. The average Bonchev–Trinajstić information content (AvgIpc) is 1.82. The second kappa shape index (κ2) is 3.57. The molecule has 0 heterocycles. The largest absolute Gasteiger partial charge is 0.299 e. The quantitative estimate of drug-likeness (QED) is 0.596. The third kappa shape index (κ3) is 3.24. The Bertz CT molecular complexity index is 111. The van der Waals surface area contributed by atoms with Gasteiger partial charge in [0, 0.05) is 11.6 Å². The van der Waals surface area contributed by atoms with Crippen LogP contribution in [0.5, 0.6) is 0 Å². The van der Waals surface area contributed by atoms with E-state index in [0.29, 0.717) is 11.6 Å². The Hall–Kier alpha value is -0.0400. The lowest BCUT2D eigenvalue weighted by atomic mass is 9.98. The molecule has 0 bridgehead atoms. The summed E-state index contributed by atoms with van der Waals surface area (Å²) in [5.41, 5.74) is 0.295. The Morgan fingerprint density at radius 1 is 1.00 bits per heavy atom. The molecule has 0 N–H and O–H groups in total. The summed E-state index contributed by atoms with van der Waals surface area (Å²) < 4.78 is 0. The summed E-state index contributed by atoms with van der Waals surface area (Å²) in [4.78, 5) is 2.43. The monoisotopic (exact) mass is 157 g/mol. The van der Waals surface area contributed by atoms with Crippen molar-refractivity contribution in [2.24, 2.45) is 5.92 Å². The molecule has 0 aliphatic rings. The molecular formula is C10H23N. The summed E-state index contributed by atoms with van der Waals surface area (Å²) in [6, 6.07) is 0.662. The molecule has 1 atom stereocenters. The molecule has 1 heteroatoms. The van der Waals surface area contributed by atoms with Crippen LogP contribution in [0.1, 0.15) is 41.5 Å². The van der Waals surface area contributed by atoms with Crippen LogP contribution in [0.25, 0.3) is 0 Å². The Morgan fingerprint density at radius 3 is 1.45 bits per heavy atom. The van der Waals surface area contributed by atoms with Gasteiger partial charge in [-0.25, -0.2) is 0 Å². The number of hydrogen-bond acceptors (Lipinski definition) is 1. The van der Waals surface area contributed by atoms with Crippen LogP contribution >= 0.6 is 0 Å². The molecule has 68 valence electrons. The van der Waals surface area contributed by atoms with Crippen molar-refractivity contribution in [3.8, 4) is 0 Å². The highest BCUT2D eigenvalue weighted by Gasteiger charge is 2.23. The van der Waals surface area contributed by atoms with Gasteiger partial charge in [-0.15, -0.1) is 0 Å². The Labute approximate surface area is 71.8 Å². The minimum atomic E-state index is 0.295.